The molecule has 2 rings (SSSR count). The highest BCUT2D eigenvalue weighted by Crippen LogP contribution is 2.15. The van der Waals surface area contributed by atoms with Crippen LogP contribution in [0.25, 0.3) is 0 Å². The van der Waals surface area contributed by atoms with Crippen LogP contribution in [0.2, 0.25) is 0 Å². The summed E-state index contributed by atoms with van der Waals surface area (Å²) in [4.78, 5) is 3.36. The van der Waals surface area contributed by atoms with Crippen LogP contribution in [-0.2, 0) is 13.0 Å². The molecule has 3 N–H and O–H groups in total. The smallest absolute Gasteiger partial charge is 0.173 e. The Morgan fingerprint density at radius 1 is 1.38 bits per heavy atom. The van der Waals surface area contributed by atoms with Gasteiger partial charge in [-0.15, -0.1) is 11.3 Å². The summed E-state index contributed by atoms with van der Waals surface area (Å²) in [5, 5.41) is 13.6. The molecule has 1 heterocycles. The Morgan fingerprint density at radius 3 is 2.86 bits per heavy atom. The van der Waals surface area contributed by atoms with Crippen molar-refractivity contribution in [1.82, 2.24) is 4.90 Å². The fourth-order valence-corrected chi connectivity index (χ4v) is 2.78. The molecular weight excluding hydrogens is 289 g/mol. The number of nitrogens with zero attached hydrogens (tertiary/aromatic N) is 2. The minimum absolute atomic E-state index is 0.127. The van der Waals surface area contributed by atoms with Crippen molar-refractivity contribution in [3.05, 3.63) is 57.5 Å². The molecule has 1 aromatic heterocycles. The van der Waals surface area contributed by atoms with Crippen molar-refractivity contribution < 1.29 is 9.60 Å². The van der Waals surface area contributed by atoms with Crippen molar-refractivity contribution in [1.29, 1.82) is 0 Å². The number of likely N-dealkylation sites (N-methyl/N-ethyl adjacent to an activating group) is 1. The van der Waals surface area contributed by atoms with E-state index in [9.17, 15) is 4.39 Å². The minimum atomic E-state index is -0.434. The number of amidine groups is 1. The van der Waals surface area contributed by atoms with Crippen molar-refractivity contribution in [2.24, 2.45) is 10.9 Å². The fourth-order valence-electron chi connectivity index (χ4n) is 2.08. The molecule has 112 valence electrons. The Balaban J connectivity index is 2.02. The van der Waals surface area contributed by atoms with Gasteiger partial charge in [0.25, 0.3) is 0 Å². The molecule has 2 aromatic rings. The topological polar surface area (TPSA) is 61.8 Å². The van der Waals surface area contributed by atoms with Gasteiger partial charge in [0.15, 0.2) is 5.84 Å². The highest BCUT2D eigenvalue weighted by Gasteiger charge is 2.13. The average molecular weight is 307 g/mol. The number of hydrogen-bond donors (Lipinski definition) is 2. The third kappa shape index (κ3) is 4.03. The van der Waals surface area contributed by atoms with Gasteiger partial charge in [0.1, 0.15) is 5.82 Å². The summed E-state index contributed by atoms with van der Waals surface area (Å²) in [5.74, 6) is -0.647. The van der Waals surface area contributed by atoms with Crippen LogP contribution >= 0.6 is 11.3 Å². The minimum Gasteiger partial charge on any atom is -0.409 e. The second-order valence-corrected chi connectivity index (χ2v) is 5.86. The molecular formula is C15H18FN3OS. The van der Waals surface area contributed by atoms with Crippen molar-refractivity contribution >= 4 is 17.2 Å². The zero-order valence-electron chi connectivity index (χ0n) is 11.8. The van der Waals surface area contributed by atoms with Gasteiger partial charge in [-0.1, -0.05) is 23.4 Å². The van der Waals surface area contributed by atoms with Crippen LogP contribution in [0.1, 0.15) is 16.0 Å². The number of nitrogens with two attached hydrogens (primary N) is 1. The molecule has 0 amide bonds. The van der Waals surface area contributed by atoms with E-state index in [-0.39, 0.29) is 11.4 Å². The van der Waals surface area contributed by atoms with E-state index in [0.29, 0.717) is 12.1 Å². The van der Waals surface area contributed by atoms with Crippen LogP contribution in [-0.4, -0.2) is 29.5 Å². The fraction of sp³-hybridized carbons (Fsp3) is 0.267. The summed E-state index contributed by atoms with van der Waals surface area (Å²) >= 11 is 1.72. The van der Waals surface area contributed by atoms with E-state index in [1.54, 1.807) is 23.5 Å². The molecule has 4 nitrogen and oxygen atoms in total. The van der Waals surface area contributed by atoms with Gasteiger partial charge in [-0.2, -0.15) is 0 Å². The Labute approximate surface area is 127 Å². The highest BCUT2D eigenvalue weighted by atomic mass is 32.1. The molecule has 0 aliphatic rings. The summed E-state index contributed by atoms with van der Waals surface area (Å²) in [7, 11) is 1.95. The third-order valence-electron chi connectivity index (χ3n) is 3.22. The molecule has 0 spiro atoms. The molecule has 0 saturated carbocycles. The zero-order valence-corrected chi connectivity index (χ0v) is 12.6. The SMILES string of the molecule is CN(CCc1cccs1)Cc1cccc(/C(N)=N/O)c1F. The maximum absolute atomic E-state index is 14.3. The summed E-state index contributed by atoms with van der Waals surface area (Å²) in [6.45, 7) is 1.32. The molecule has 0 aliphatic heterocycles. The van der Waals surface area contributed by atoms with E-state index in [1.807, 2.05) is 18.0 Å². The first-order chi connectivity index (χ1) is 10.1. The van der Waals surface area contributed by atoms with Crippen LogP contribution in [0.15, 0.2) is 40.9 Å². The van der Waals surface area contributed by atoms with E-state index < -0.39 is 5.82 Å². The van der Waals surface area contributed by atoms with Gasteiger partial charge >= 0.3 is 0 Å². The first-order valence-electron chi connectivity index (χ1n) is 6.58. The second-order valence-electron chi connectivity index (χ2n) is 4.83. The quantitative estimate of drug-likeness (QED) is 0.373. The second kappa shape index (κ2) is 7.19. The molecule has 0 saturated heterocycles. The standard InChI is InChI=1S/C15H18FN3OS/c1-19(8-7-12-5-3-9-21-12)10-11-4-2-6-13(14(11)16)15(17)18-20/h2-6,9,20H,7-8,10H2,1H3,(H2,17,18). The number of hydrogen-bond acceptors (Lipinski definition) is 4. The van der Waals surface area contributed by atoms with E-state index in [0.717, 1.165) is 13.0 Å². The van der Waals surface area contributed by atoms with Gasteiger partial charge in [-0.25, -0.2) is 4.39 Å². The number of rotatable bonds is 6. The lowest BCUT2D eigenvalue weighted by atomic mass is 10.1. The van der Waals surface area contributed by atoms with Crippen LogP contribution in [0, 0.1) is 5.82 Å². The van der Waals surface area contributed by atoms with Crippen LogP contribution in [0.3, 0.4) is 0 Å². The van der Waals surface area contributed by atoms with Gasteiger partial charge in [0.2, 0.25) is 0 Å². The molecule has 0 radical (unpaired) electrons. The van der Waals surface area contributed by atoms with Crippen molar-refractivity contribution in [3.63, 3.8) is 0 Å². The zero-order chi connectivity index (χ0) is 15.2. The average Bonchev–Trinajstić information content (AvgIpc) is 3.00. The molecule has 0 bridgehead atoms. The highest BCUT2D eigenvalue weighted by molar-refractivity contribution is 7.09. The van der Waals surface area contributed by atoms with E-state index in [2.05, 4.69) is 16.6 Å². The predicted octanol–water partition coefficient (Wildman–Crippen LogP) is 2.66. The van der Waals surface area contributed by atoms with E-state index in [1.165, 1.54) is 10.9 Å². The maximum atomic E-state index is 14.3. The van der Waals surface area contributed by atoms with E-state index in [4.69, 9.17) is 10.9 Å². The number of benzene rings is 1. The first kappa shape index (κ1) is 15.5. The molecule has 1 aromatic carbocycles. The summed E-state index contributed by atoms with van der Waals surface area (Å²) < 4.78 is 14.3. The molecule has 6 heteroatoms. The molecule has 0 unspecified atom stereocenters. The third-order valence-corrected chi connectivity index (χ3v) is 4.16. The van der Waals surface area contributed by atoms with Crippen molar-refractivity contribution in [2.45, 2.75) is 13.0 Å². The number of thiophene rings is 1. The first-order valence-corrected chi connectivity index (χ1v) is 7.46. The Morgan fingerprint density at radius 2 is 2.19 bits per heavy atom. The Kier molecular flexibility index (Phi) is 5.30. The van der Waals surface area contributed by atoms with Gasteiger partial charge < -0.3 is 15.8 Å². The van der Waals surface area contributed by atoms with Crippen molar-refractivity contribution in [2.75, 3.05) is 13.6 Å². The molecule has 0 atom stereocenters. The largest absolute Gasteiger partial charge is 0.409 e. The summed E-state index contributed by atoms with van der Waals surface area (Å²) in [6, 6.07) is 9.04. The lowest BCUT2D eigenvalue weighted by molar-refractivity contribution is 0.318. The van der Waals surface area contributed by atoms with Gasteiger partial charge in [-0.3, -0.25) is 0 Å². The van der Waals surface area contributed by atoms with Gasteiger partial charge in [-0.05, 0) is 31.0 Å². The van der Waals surface area contributed by atoms with E-state index >= 15 is 0 Å². The number of oxime groups is 1. The van der Waals surface area contributed by atoms with Crippen molar-refractivity contribution in [3.8, 4) is 0 Å². The number of halogens is 1. The summed E-state index contributed by atoms with van der Waals surface area (Å²) in [5.41, 5.74) is 6.13. The lowest BCUT2D eigenvalue weighted by Gasteiger charge is -2.17. The maximum Gasteiger partial charge on any atom is 0.173 e. The van der Waals surface area contributed by atoms with Crippen LogP contribution in [0.4, 0.5) is 4.39 Å². The van der Waals surface area contributed by atoms with Gasteiger partial charge in [0.05, 0.1) is 5.56 Å². The Hall–Kier alpha value is -1.92. The molecule has 0 aliphatic carbocycles. The summed E-state index contributed by atoms with van der Waals surface area (Å²) in [6.07, 6.45) is 0.940. The van der Waals surface area contributed by atoms with Crippen LogP contribution in [0.5, 0.6) is 0 Å². The van der Waals surface area contributed by atoms with Crippen LogP contribution < -0.4 is 5.73 Å². The molecule has 0 fully saturated rings. The molecule has 21 heavy (non-hydrogen) atoms. The predicted molar refractivity (Wildman–Crippen MR) is 83.3 cm³/mol. The Bertz CT molecular complexity index is 613. The monoisotopic (exact) mass is 307 g/mol. The normalized spacial score (nSPS) is 12.0. The lowest BCUT2D eigenvalue weighted by Crippen LogP contribution is -2.22. The van der Waals surface area contributed by atoms with Gasteiger partial charge in [0, 0.05) is 23.5 Å².